The van der Waals surface area contributed by atoms with Gasteiger partial charge in [-0.05, 0) is 36.5 Å². The van der Waals surface area contributed by atoms with Gasteiger partial charge in [-0.3, -0.25) is 9.59 Å². The lowest BCUT2D eigenvalue weighted by Gasteiger charge is -2.23. The molecule has 1 fully saturated rings. The van der Waals surface area contributed by atoms with Gasteiger partial charge in [0.1, 0.15) is 0 Å². The van der Waals surface area contributed by atoms with E-state index in [2.05, 4.69) is 15.9 Å². The number of aliphatic carboxylic acids is 1. The van der Waals surface area contributed by atoms with Crippen LogP contribution in [-0.2, 0) is 20.9 Å². The molecule has 1 aromatic rings. The maximum Gasteiger partial charge on any atom is 0.305 e. The summed E-state index contributed by atoms with van der Waals surface area (Å²) in [4.78, 5) is 25.0. The van der Waals surface area contributed by atoms with Gasteiger partial charge in [0.15, 0.2) is 0 Å². The van der Waals surface area contributed by atoms with Crippen molar-refractivity contribution in [3.05, 3.63) is 34.3 Å². The van der Waals surface area contributed by atoms with Crippen molar-refractivity contribution in [1.29, 1.82) is 0 Å². The highest BCUT2D eigenvalue weighted by Crippen LogP contribution is 2.20. The molecular weight excluding hydrogens is 362 g/mol. The first kappa shape index (κ1) is 17.9. The molecule has 23 heavy (non-hydrogen) atoms. The Kier molecular flexibility index (Phi) is 7.05. The minimum absolute atomic E-state index is 0.0122. The van der Waals surface area contributed by atoms with Gasteiger partial charge in [-0.15, -0.1) is 0 Å². The van der Waals surface area contributed by atoms with Gasteiger partial charge in [0, 0.05) is 37.2 Å². The summed E-state index contributed by atoms with van der Waals surface area (Å²) in [7, 11) is 0. The SMILES string of the molecule is O=C(O)CCN(Cc1cccc(Br)c1)C(=O)CCC1CCOC1. The number of hydrogen-bond donors (Lipinski definition) is 1. The van der Waals surface area contributed by atoms with Crippen LogP contribution in [0, 0.1) is 5.92 Å². The number of carboxylic acid groups (broad SMARTS) is 1. The van der Waals surface area contributed by atoms with Crippen LogP contribution in [0.15, 0.2) is 28.7 Å². The number of ether oxygens (including phenoxy) is 1. The second-order valence-corrected chi connectivity index (χ2v) is 6.77. The average molecular weight is 384 g/mol. The molecule has 1 unspecified atom stereocenters. The molecule has 0 aromatic heterocycles. The molecule has 1 N–H and O–H groups in total. The Balaban J connectivity index is 1.94. The van der Waals surface area contributed by atoms with Crippen LogP contribution >= 0.6 is 15.9 Å². The fraction of sp³-hybridized carbons (Fsp3) is 0.529. The van der Waals surface area contributed by atoms with Crippen molar-refractivity contribution in [3.63, 3.8) is 0 Å². The van der Waals surface area contributed by atoms with Crippen LogP contribution in [0.3, 0.4) is 0 Å². The molecule has 0 radical (unpaired) electrons. The third-order valence-electron chi connectivity index (χ3n) is 4.00. The van der Waals surface area contributed by atoms with Gasteiger partial charge in [0.2, 0.25) is 5.91 Å². The van der Waals surface area contributed by atoms with Crippen molar-refractivity contribution >= 4 is 27.8 Å². The standard InChI is InChI=1S/C17H22BrNO4/c18-15-3-1-2-14(10-15)11-19(8-6-17(21)22)16(20)5-4-13-7-9-23-12-13/h1-3,10,13H,4-9,11-12H2,(H,21,22). The Morgan fingerprint density at radius 3 is 2.83 bits per heavy atom. The van der Waals surface area contributed by atoms with E-state index in [9.17, 15) is 9.59 Å². The summed E-state index contributed by atoms with van der Waals surface area (Å²) in [6, 6.07) is 7.73. The fourth-order valence-corrected chi connectivity index (χ4v) is 3.12. The number of carbonyl (C=O) groups is 2. The summed E-state index contributed by atoms with van der Waals surface area (Å²) >= 11 is 3.42. The molecule has 2 rings (SSSR count). The Hall–Kier alpha value is -1.40. The quantitative estimate of drug-likeness (QED) is 0.748. The highest BCUT2D eigenvalue weighted by atomic mass is 79.9. The number of carboxylic acids is 1. The normalized spacial score (nSPS) is 17.2. The Labute approximate surface area is 144 Å². The molecule has 0 spiro atoms. The number of hydrogen-bond acceptors (Lipinski definition) is 3. The van der Waals surface area contributed by atoms with Crippen LogP contribution in [0.25, 0.3) is 0 Å². The lowest BCUT2D eigenvalue weighted by molar-refractivity contribution is -0.138. The van der Waals surface area contributed by atoms with E-state index in [0.717, 1.165) is 36.1 Å². The molecule has 1 heterocycles. The third kappa shape index (κ3) is 6.31. The Bertz CT molecular complexity index is 543. The van der Waals surface area contributed by atoms with Crippen molar-refractivity contribution in [1.82, 2.24) is 4.90 Å². The Morgan fingerprint density at radius 2 is 2.17 bits per heavy atom. The van der Waals surface area contributed by atoms with Gasteiger partial charge >= 0.3 is 5.97 Å². The van der Waals surface area contributed by atoms with Gasteiger partial charge in [0.25, 0.3) is 0 Å². The van der Waals surface area contributed by atoms with Crippen LogP contribution in [0.4, 0.5) is 0 Å². The first-order valence-corrected chi connectivity index (χ1v) is 8.65. The second kappa shape index (κ2) is 9.03. The third-order valence-corrected chi connectivity index (χ3v) is 4.49. The van der Waals surface area contributed by atoms with Crippen LogP contribution in [0.2, 0.25) is 0 Å². The number of benzene rings is 1. The molecule has 5 nitrogen and oxygen atoms in total. The van der Waals surface area contributed by atoms with Gasteiger partial charge in [0.05, 0.1) is 6.42 Å². The van der Waals surface area contributed by atoms with Crippen molar-refractivity contribution in [2.45, 2.75) is 32.2 Å². The summed E-state index contributed by atoms with van der Waals surface area (Å²) in [5.74, 6) is -0.425. The fourth-order valence-electron chi connectivity index (χ4n) is 2.67. The first-order chi connectivity index (χ1) is 11.0. The number of halogens is 1. The zero-order valence-corrected chi connectivity index (χ0v) is 14.6. The van der Waals surface area contributed by atoms with Crippen molar-refractivity contribution in [3.8, 4) is 0 Å². The van der Waals surface area contributed by atoms with Crippen LogP contribution in [0.1, 0.15) is 31.2 Å². The number of carbonyl (C=O) groups excluding carboxylic acids is 1. The number of nitrogens with zero attached hydrogens (tertiary/aromatic N) is 1. The highest BCUT2D eigenvalue weighted by molar-refractivity contribution is 9.10. The van der Waals surface area contributed by atoms with Crippen molar-refractivity contribution in [2.75, 3.05) is 19.8 Å². The smallest absolute Gasteiger partial charge is 0.305 e. The summed E-state index contributed by atoms with van der Waals surface area (Å²) in [6.07, 6.45) is 2.23. The van der Waals surface area contributed by atoms with Gasteiger partial charge in [-0.2, -0.15) is 0 Å². The van der Waals surface area contributed by atoms with E-state index >= 15 is 0 Å². The van der Waals surface area contributed by atoms with Gasteiger partial charge < -0.3 is 14.7 Å². The summed E-state index contributed by atoms with van der Waals surface area (Å²) in [6.45, 7) is 2.18. The molecule has 126 valence electrons. The molecule has 1 saturated heterocycles. The molecule has 1 atom stereocenters. The molecule has 0 aliphatic carbocycles. The molecule has 1 aromatic carbocycles. The van der Waals surface area contributed by atoms with E-state index in [0.29, 0.717) is 18.9 Å². The molecule has 0 bridgehead atoms. The lowest BCUT2D eigenvalue weighted by Crippen LogP contribution is -2.32. The minimum Gasteiger partial charge on any atom is -0.481 e. The topological polar surface area (TPSA) is 66.8 Å². The summed E-state index contributed by atoms with van der Waals surface area (Å²) in [5.41, 5.74) is 0.988. The number of rotatable bonds is 8. The maximum absolute atomic E-state index is 12.5. The monoisotopic (exact) mass is 383 g/mol. The predicted molar refractivity (Wildman–Crippen MR) is 90.0 cm³/mol. The van der Waals surface area contributed by atoms with E-state index in [1.807, 2.05) is 24.3 Å². The predicted octanol–water partition coefficient (Wildman–Crippen LogP) is 3.07. The molecule has 6 heteroatoms. The van der Waals surface area contributed by atoms with E-state index < -0.39 is 5.97 Å². The van der Waals surface area contributed by atoms with E-state index in [-0.39, 0.29) is 18.9 Å². The number of amides is 1. The van der Waals surface area contributed by atoms with Gasteiger partial charge in [-0.1, -0.05) is 28.1 Å². The first-order valence-electron chi connectivity index (χ1n) is 7.86. The average Bonchev–Trinajstić information content (AvgIpc) is 3.02. The zero-order valence-electron chi connectivity index (χ0n) is 13.0. The minimum atomic E-state index is -0.888. The summed E-state index contributed by atoms with van der Waals surface area (Å²) < 4.78 is 6.28. The van der Waals surface area contributed by atoms with Crippen molar-refractivity contribution < 1.29 is 19.4 Å². The largest absolute Gasteiger partial charge is 0.481 e. The lowest BCUT2D eigenvalue weighted by atomic mass is 10.0. The molecule has 1 amide bonds. The molecule has 0 saturated carbocycles. The molecule has 1 aliphatic rings. The molecule has 1 aliphatic heterocycles. The van der Waals surface area contributed by atoms with Crippen LogP contribution < -0.4 is 0 Å². The van der Waals surface area contributed by atoms with Crippen LogP contribution in [0.5, 0.6) is 0 Å². The van der Waals surface area contributed by atoms with E-state index in [1.54, 1.807) is 4.90 Å². The molecular formula is C17H22BrNO4. The Morgan fingerprint density at radius 1 is 1.35 bits per heavy atom. The highest BCUT2D eigenvalue weighted by Gasteiger charge is 2.20. The van der Waals surface area contributed by atoms with Crippen molar-refractivity contribution in [2.24, 2.45) is 5.92 Å². The zero-order chi connectivity index (χ0) is 16.7. The maximum atomic E-state index is 12.5. The van der Waals surface area contributed by atoms with Crippen LogP contribution in [-0.4, -0.2) is 41.6 Å². The van der Waals surface area contributed by atoms with Gasteiger partial charge in [-0.25, -0.2) is 0 Å². The van der Waals surface area contributed by atoms with E-state index in [4.69, 9.17) is 9.84 Å². The van der Waals surface area contributed by atoms with E-state index in [1.165, 1.54) is 0 Å². The second-order valence-electron chi connectivity index (χ2n) is 5.86. The summed E-state index contributed by atoms with van der Waals surface area (Å²) in [5, 5.41) is 8.89.